The lowest BCUT2D eigenvalue weighted by Crippen LogP contribution is -2.17. The Morgan fingerprint density at radius 1 is 1.15 bits per heavy atom. The van der Waals surface area contributed by atoms with E-state index in [1.807, 2.05) is 6.92 Å². The lowest BCUT2D eigenvalue weighted by molar-refractivity contribution is 0.416. The maximum atomic E-state index is 14.1. The van der Waals surface area contributed by atoms with Crippen molar-refractivity contribution in [1.82, 2.24) is 0 Å². The predicted octanol–water partition coefficient (Wildman–Crippen LogP) is 3.71. The van der Waals surface area contributed by atoms with Gasteiger partial charge in [0.15, 0.2) is 0 Å². The summed E-state index contributed by atoms with van der Waals surface area (Å²) in [7, 11) is 1.47. The normalized spacial score (nSPS) is 10.4. The molecular weight excluding hydrogens is 262 g/mol. The average Bonchev–Trinajstić information content (AvgIpc) is 2.43. The molecule has 0 fully saturated rings. The van der Waals surface area contributed by atoms with Gasteiger partial charge in [0.05, 0.1) is 18.5 Å². The molecule has 2 aromatic rings. The Morgan fingerprint density at radius 2 is 1.80 bits per heavy atom. The highest BCUT2D eigenvalue weighted by Gasteiger charge is 2.15. The Kier molecular flexibility index (Phi) is 4.08. The summed E-state index contributed by atoms with van der Waals surface area (Å²) in [6.07, 6.45) is 0. The van der Waals surface area contributed by atoms with Crippen LogP contribution >= 0.6 is 0 Å². The topological polar surface area (TPSA) is 38.5 Å². The third-order valence-corrected chi connectivity index (χ3v) is 3.04. The first-order chi connectivity index (χ1) is 9.56. The van der Waals surface area contributed by atoms with Gasteiger partial charge in [0.1, 0.15) is 17.4 Å². The zero-order chi connectivity index (χ0) is 14.7. The summed E-state index contributed by atoms with van der Waals surface area (Å²) in [5.41, 5.74) is 6.94. The maximum absolute atomic E-state index is 14.1. The first kappa shape index (κ1) is 14.1. The molecule has 0 unspecified atom stereocenters. The van der Waals surface area contributed by atoms with Crippen LogP contribution in [0.3, 0.4) is 0 Å². The highest BCUT2D eigenvalue weighted by molar-refractivity contribution is 5.69. The van der Waals surface area contributed by atoms with E-state index in [9.17, 15) is 8.78 Å². The average molecular weight is 278 g/mol. The number of hydrogen-bond donors (Lipinski definition) is 1. The standard InChI is InChI=1S/C15H16F2N2O/c1-3-19(11-6-4-10(16)5-7-11)14-9-15(20-2)13(18)8-12(14)17/h4-9H,3,18H2,1-2H3. The molecule has 0 saturated heterocycles. The van der Waals surface area contributed by atoms with Gasteiger partial charge in [0.25, 0.3) is 0 Å². The van der Waals surface area contributed by atoms with Crippen LogP contribution < -0.4 is 15.4 Å². The molecule has 2 rings (SSSR count). The number of rotatable bonds is 4. The third-order valence-electron chi connectivity index (χ3n) is 3.04. The molecule has 106 valence electrons. The van der Waals surface area contributed by atoms with E-state index >= 15 is 0 Å². The summed E-state index contributed by atoms with van der Waals surface area (Å²) >= 11 is 0. The summed E-state index contributed by atoms with van der Waals surface area (Å²) in [6, 6.07) is 8.63. The lowest BCUT2D eigenvalue weighted by atomic mass is 10.2. The Balaban J connectivity index is 2.48. The second-order valence-corrected chi connectivity index (χ2v) is 4.27. The van der Waals surface area contributed by atoms with Crippen LogP contribution in [-0.4, -0.2) is 13.7 Å². The van der Waals surface area contributed by atoms with Crippen molar-refractivity contribution in [3.63, 3.8) is 0 Å². The van der Waals surface area contributed by atoms with Gasteiger partial charge in [-0.25, -0.2) is 8.78 Å². The number of methoxy groups -OCH3 is 1. The molecule has 20 heavy (non-hydrogen) atoms. The summed E-state index contributed by atoms with van der Waals surface area (Å²) in [5, 5.41) is 0. The lowest BCUT2D eigenvalue weighted by Gasteiger charge is -2.24. The quantitative estimate of drug-likeness (QED) is 0.866. The summed E-state index contributed by atoms with van der Waals surface area (Å²) < 4.78 is 32.2. The van der Waals surface area contributed by atoms with Gasteiger partial charge < -0.3 is 15.4 Å². The molecule has 3 nitrogen and oxygen atoms in total. The molecule has 0 saturated carbocycles. The number of benzene rings is 2. The van der Waals surface area contributed by atoms with Gasteiger partial charge in [0, 0.05) is 24.4 Å². The van der Waals surface area contributed by atoms with Crippen molar-refractivity contribution in [1.29, 1.82) is 0 Å². The van der Waals surface area contributed by atoms with E-state index in [2.05, 4.69) is 0 Å². The zero-order valence-electron chi connectivity index (χ0n) is 11.4. The van der Waals surface area contributed by atoms with Crippen molar-refractivity contribution in [3.05, 3.63) is 48.0 Å². The van der Waals surface area contributed by atoms with E-state index < -0.39 is 5.82 Å². The van der Waals surface area contributed by atoms with Crippen molar-refractivity contribution in [3.8, 4) is 5.75 Å². The number of ether oxygens (including phenoxy) is 1. The molecule has 0 aliphatic carbocycles. The number of anilines is 3. The van der Waals surface area contributed by atoms with Crippen molar-refractivity contribution >= 4 is 17.1 Å². The molecule has 0 aliphatic heterocycles. The minimum Gasteiger partial charge on any atom is -0.495 e. The molecule has 0 radical (unpaired) electrons. The number of halogens is 2. The van der Waals surface area contributed by atoms with Crippen LogP contribution in [0, 0.1) is 11.6 Å². The first-order valence-electron chi connectivity index (χ1n) is 6.23. The van der Waals surface area contributed by atoms with Crippen LogP contribution in [0.5, 0.6) is 5.75 Å². The molecule has 0 aliphatic rings. The Morgan fingerprint density at radius 3 is 2.35 bits per heavy atom. The smallest absolute Gasteiger partial charge is 0.149 e. The van der Waals surface area contributed by atoms with Gasteiger partial charge in [0.2, 0.25) is 0 Å². The third kappa shape index (κ3) is 2.66. The van der Waals surface area contributed by atoms with Crippen LogP contribution in [-0.2, 0) is 0 Å². The fourth-order valence-corrected chi connectivity index (χ4v) is 2.05. The van der Waals surface area contributed by atoms with Crippen LogP contribution in [0.15, 0.2) is 36.4 Å². The molecule has 0 bridgehead atoms. The van der Waals surface area contributed by atoms with Crippen LogP contribution in [0.1, 0.15) is 6.92 Å². The number of nitrogens with zero attached hydrogens (tertiary/aromatic N) is 1. The first-order valence-corrected chi connectivity index (χ1v) is 6.23. The van der Waals surface area contributed by atoms with E-state index in [1.54, 1.807) is 17.0 Å². The molecule has 0 heterocycles. The van der Waals surface area contributed by atoms with Crippen LogP contribution in [0.4, 0.5) is 25.8 Å². The highest BCUT2D eigenvalue weighted by Crippen LogP contribution is 2.34. The van der Waals surface area contributed by atoms with Crippen molar-refractivity contribution in [2.45, 2.75) is 6.92 Å². The van der Waals surface area contributed by atoms with Gasteiger partial charge in [-0.3, -0.25) is 0 Å². The molecule has 2 N–H and O–H groups in total. The van der Waals surface area contributed by atoms with Gasteiger partial charge >= 0.3 is 0 Å². The van der Waals surface area contributed by atoms with Gasteiger partial charge in [-0.05, 0) is 31.2 Å². The van der Waals surface area contributed by atoms with Crippen LogP contribution in [0.2, 0.25) is 0 Å². The van der Waals surface area contributed by atoms with Crippen LogP contribution in [0.25, 0.3) is 0 Å². The van der Waals surface area contributed by atoms with Gasteiger partial charge in [-0.1, -0.05) is 0 Å². The summed E-state index contributed by atoms with van der Waals surface area (Å²) in [5.74, 6) is -0.378. The molecular formula is C15H16F2N2O. The monoisotopic (exact) mass is 278 g/mol. The van der Waals surface area contributed by atoms with E-state index in [0.717, 1.165) is 0 Å². The molecule has 5 heteroatoms. The fraction of sp³-hybridized carbons (Fsp3) is 0.200. The number of hydrogen-bond acceptors (Lipinski definition) is 3. The van der Waals surface area contributed by atoms with Crippen molar-refractivity contribution in [2.75, 3.05) is 24.3 Å². The summed E-state index contributed by atoms with van der Waals surface area (Å²) in [6.45, 7) is 2.40. The van der Waals surface area contributed by atoms with Crippen molar-refractivity contribution in [2.24, 2.45) is 0 Å². The largest absolute Gasteiger partial charge is 0.495 e. The molecule has 0 aromatic heterocycles. The van der Waals surface area contributed by atoms with E-state index in [0.29, 0.717) is 23.7 Å². The summed E-state index contributed by atoms with van der Waals surface area (Å²) in [4.78, 5) is 1.72. The molecule has 0 spiro atoms. The Bertz CT molecular complexity index is 600. The number of nitrogens with two attached hydrogens (primary N) is 1. The van der Waals surface area contributed by atoms with E-state index in [1.165, 1.54) is 31.4 Å². The number of nitrogen functional groups attached to an aromatic ring is 1. The molecule has 0 atom stereocenters. The van der Waals surface area contributed by atoms with E-state index in [4.69, 9.17) is 10.5 Å². The van der Waals surface area contributed by atoms with Gasteiger partial charge in [-0.15, -0.1) is 0 Å². The highest BCUT2D eigenvalue weighted by atomic mass is 19.1. The second kappa shape index (κ2) is 5.77. The molecule has 2 aromatic carbocycles. The van der Waals surface area contributed by atoms with E-state index in [-0.39, 0.29) is 11.5 Å². The predicted molar refractivity (Wildman–Crippen MR) is 76.4 cm³/mol. The minimum atomic E-state index is -0.450. The molecule has 0 amide bonds. The van der Waals surface area contributed by atoms with Gasteiger partial charge in [-0.2, -0.15) is 0 Å². The minimum absolute atomic E-state index is 0.240. The maximum Gasteiger partial charge on any atom is 0.149 e. The van der Waals surface area contributed by atoms with Crippen molar-refractivity contribution < 1.29 is 13.5 Å². The zero-order valence-corrected chi connectivity index (χ0v) is 11.4. The Labute approximate surface area is 116 Å². The SMILES string of the molecule is CCN(c1ccc(F)cc1)c1cc(OC)c(N)cc1F. The fourth-order valence-electron chi connectivity index (χ4n) is 2.05. The Hall–Kier alpha value is -2.30. The second-order valence-electron chi connectivity index (χ2n) is 4.27.